The number of aromatic amines is 1. The van der Waals surface area contributed by atoms with E-state index >= 15 is 0 Å². The fourth-order valence-corrected chi connectivity index (χ4v) is 2.11. The van der Waals surface area contributed by atoms with E-state index < -0.39 is 11.2 Å². The van der Waals surface area contributed by atoms with Crippen LogP contribution in [-0.4, -0.2) is 27.9 Å². The van der Waals surface area contributed by atoms with E-state index in [0.29, 0.717) is 19.4 Å². The molecule has 1 aliphatic rings. The molecule has 0 radical (unpaired) electrons. The lowest BCUT2D eigenvalue weighted by Crippen LogP contribution is -2.31. The maximum absolute atomic E-state index is 11.6. The van der Waals surface area contributed by atoms with Crippen molar-refractivity contribution >= 4 is 0 Å². The van der Waals surface area contributed by atoms with Crippen LogP contribution >= 0.6 is 0 Å². The lowest BCUT2D eigenvalue weighted by Gasteiger charge is -2.20. The topological polar surface area (TPSA) is 84.3 Å². The molecular weight excluding hydrogens is 224 g/mol. The van der Waals surface area contributed by atoms with E-state index in [-0.39, 0.29) is 18.2 Å². The van der Waals surface area contributed by atoms with Crippen LogP contribution in [0.25, 0.3) is 0 Å². The highest BCUT2D eigenvalue weighted by Gasteiger charge is 2.36. The number of rotatable bonds is 3. The highest BCUT2D eigenvalue weighted by molar-refractivity contribution is 4.89. The van der Waals surface area contributed by atoms with Crippen molar-refractivity contribution in [3.8, 4) is 0 Å². The minimum absolute atomic E-state index is 0.104. The van der Waals surface area contributed by atoms with Crippen LogP contribution in [0.2, 0.25) is 0 Å². The van der Waals surface area contributed by atoms with Crippen molar-refractivity contribution < 1.29 is 9.84 Å². The Labute approximate surface area is 97.9 Å². The first-order chi connectivity index (χ1) is 8.04. The van der Waals surface area contributed by atoms with Gasteiger partial charge >= 0.3 is 5.69 Å². The third-order valence-electron chi connectivity index (χ3n) is 3.17. The number of aliphatic hydroxyl groups is 1. The van der Waals surface area contributed by atoms with Gasteiger partial charge in [-0.1, -0.05) is 6.92 Å². The Hall–Kier alpha value is -1.40. The van der Waals surface area contributed by atoms with Crippen LogP contribution < -0.4 is 11.2 Å². The van der Waals surface area contributed by atoms with Crippen molar-refractivity contribution in [2.24, 2.45) is 5.41 Å². The summed E-state index contributed by atoms with van der Waals surface area (Å²) in [5, 5.41) is 8.97. The van der Waals surface area contributed by atoms with Crippen LogP contribution in [0.3, 0.4) is 0 Å². The highest BCUT2D eigenvalue weighted by Crippen LogP contribution is 2.39. The fraction of sp³-hybridized carbons (Fsp3) is 0.636. The van der Waals surface area contributed by atoms with E-state index in [1.807, 2.05) is 6.92 Å². The summed E-state index contributed by atoms with van der Waals surface area (Å²) in [6.07, 6.45) is 2.37. The van der Waals surface area contributed by atoms with Crippen LogP contribution in [0.4, 0.5) is 0 Å². The minimum atomic E-state index is -0.462. The lowest BCUT2D eigenvalue weighted by atomic mass is 9.86. The van der Waals surface area contributed by atoms with Crippen molar-refractivity contribution in [2.45, 2.75) is 26.0 Å². The van der Waals surface area contributed by atoms with Crippen LogP contribution in [0.5, 0.6) is 0 Å². The molecule has 94 valence electrons. The predicted molar refractivity (Wildman–Crippen MR) is 60.7 cm³/mol. The first-order valence-electron chi connectivity index (χ1n) is 5.58. The molecule has 0 amide bonds. The van der Waals surface area contributed by atoms with Gasteiger partial charge in [0.1, 0.15) is 6.23 Å². The van der Waals surface area contributed by atoms with Gasteiger partial charge in [-0.15, -0.1) is 0 Å². The summed E-state index contributed by atoms with van der Waals surface area (Å²) >= 11 is 0. The summed E-state index contributed by atoms with van der Waals surface area (Å²) in [5.41, 5.74) is -0.993. The van der Waals surface area contributed by atoms with Gasteiger partial charge in [-0.25, -0.2) is 4.79 Å². The molecule has 1 unspecified atom stereocenters. The number of aromatic nitrogens is 2. The van der Waals surface area contributed by atoms with Crippen LogP contribution in [0.1, 0.15) is 26.0 Å². The van der Waals surface area contributed by atoms with E-state index in [1.54, 1.807) is 0 Å². The zero-order chi connectivity index (χ0) is 12.5. The number of ether oxygens (including phenoxy) is 1. The van der Waals surface area contributed by atoms with Crippen molar-refractivity contribution in [1.29, 1.82) is 0 Å². The van der Waals surface area contributed by atoms with E-state index in [9.17, 15) is 9.59 Å². The number of nitrogens with zero attached hydrogens (tertiary/aromatic N) is 1. The Morgan fingerprint density at radius 2 is 2.41 bits per heavy atom. The van der Waals surface area contributed by atoms with E-state index in [2.05, 4.69) is 4.98 Å². The van der Waals surface area contributed by atoms with Gasteiger partial charge in [0.25, 0.3) is 5.56 Å². The number of hydrogen-bond acceptors (Lipinski definition) is 4. The van der Waals surface area contributed by atoms with Gasteiger partial charge in [0.15, 0.2) is 0 Å². The molecule has 2 atom stereocenters. The van der Waals surface area contributed by atoms with Crippen molar-refractivity contribution in [3.63, 3.8) is 0 Å². The highest BCUT2D eigenvalue weighted by atomic mass is 16.5. The van der Waals surface area contributed by atoms with Crippen molar-refractivity contribution in [3.05, 3.63) is 33.1 Å². The molecule has 6 heteroatoms. The van der Waals surface area contributed by atoms with Gasteiger partial charge in [-0.05, 0) is 11.8 Å². The Morgan fingerprint density at radius 1 is 1.65 bits per heavy atom. The Morgan fingerprint density at radius 3 is 3.06 bits per heavy atom. The number of aliphatic hydroxyl groups excluding tert-OH is 1. The Kier molecular flexibility index (Phi) is 3.17. The quantitative estimate of drug-likeness (QED) is 0.769. The maximum atomic E-state index is 11.6. The summed E-state index contributed by atoms with van der Waals surface area (Å²) in [4.78, 5) is 24.7. The summed E-state index contributed by atoms with van der Waals surface area (Å²) in [6.45, 7) is 2.62. The van der Waals surface area contributed by atoms with Gasteiger partial charge in [-0.2, -0.15) is 0 Å². The Bertz CT molecular complexity index is 507. The zero-order valence-corrected chi connectivity index (χ0v) is 9.68. The van der Waals surface area contributed by atoms with Gasteiger partial charge in [0.05, 0.1) is 6.61 Å². The van der Waals surface area contributed by atoms with Gasteiger partial charge in [0, 0.05) is 25.3 Å². The summed E-state index contributed by atoms with van der Waals surface area (Å²) < 4.78 is 6.94. The minimum Gasteiger partial charge on any atom is -0.396 e. The second kappa shape index (κ2) is 4.46. The third kappa shape index (κ3) is 2.48. The SMILES string of the molecule is CC1(CCO)CO[C@H](n2ccc(=O)[nH]c2=O)C1. The van der Waals surface area contributed by atoms with Crippen LogP contribution in [0, 0.1) is 5.41 Å². The second-order valence-electron chi connectivity index (χ2n) is 4.77. The largest absolute Gasteiger partial charge is 0.396 e. The lowest BCUT2D eigenvalue weighted by molar-refractivity contribution is 0.0449. The fourth-order valence-electron chi connectivity index (χ4n) is 2.11. The summed E-state index contributed by atoms with van der Waals surface area (Å²) in [6, 6.07) is 1.30. The zero-order valence-electron chi connectivity index (χ0n) is 9.68. The molecule has 0 aromatic carbocycles. The molecule has 0 aliphatic carbocycles. The molecule has 2 heterocycles. The van der Waals surface area contributed by atoms with Crippen LogP contribution in [0.15, 0.2) is 21.9 Å². The molecule has 1 saturated heterocycles. The molecule has 2 N–H and O–H groups in total. The molecule has 1 aliphatic heterocycles. The average molecular weight is 240 g/mol. The standard InChI is InChI=1S/C11H16N2O4/c1-11(3-5-14)6-9(17-7-11)13-4-2-8(15)12-10(13)16/h2,4,9,14H,3,5-7H2,1H3,(H,12,15,16)/t9-,11?/m0/s1. The third-order valence-corrected chi connectivity index (χ3v) is 3.17. The van der Waals surface area contributed by atoms with Crippen molar-refractivity contribution in [2.75, 3.05) is 13.2 Å². The average Bonchev–Trinajstić information content (AvgIpc) is 2.61. The molecule has 0 spiro atoms. The molecule has 6 nitrogen and oxygen atoms in total. The van der Waals surface area contributed by atoms with Gasteiger partial charge in [0.2, 0.25) is 0 Å². The molecular formula is C11H16N2O4. The number of hydrogen-bond donors (Lipinski definition) is 2. The predicted octanol–water partition coefficient (Wildman–Crippen LogP) is -0.156. The number of nitrogens with one attached hydrogen (secondary N) is 1. The molecule has 1 aromatic heterocycles. The number of H-pyrrole nitrogens is 1. The van der Waals surface area contributed by atoms with Gasteiger partial charge in [-0.3, -0.25) is 14.3 Å². The van der Waals surface area contributed by atoms with Crippen LogP contribution in [-0.2, 0) is 4.74 Å². The van der Waals surface area contributed by atoms with E-state index in [4.69, 9.17) is 9.84 Å². The normalized spacial score (nSPS) is 28.5. The molecule has 0 saturated carbocycles. The first kappa shape index (κ1) is 12.1. The molecule has 1 aromatic rings. The molecule has 2 rings (SSSR count). The monoisotopic (exact) mass is 240 g/mol. The molecule has 0 bridgehead atoms. The second-order valence-corrected chi connectivity index (χ2v) is 4.77. The van der Waals surface area contributed by atoms with E-state index in [0.717, 1.165) is 0 Å². The smallest absolute Gasteiger partial charge is 0.330 e. The summed E-state index contributed by atoms with van der Waals surface area (Å²) in [5.74, 6) is 0. The molecule has 17 heavy (non-hydrogen) atoms. The molecule has 1 fully saturated rings. The van der Waals surface area contributed by atoms with Crippen molar-refractivity contribution in [1.82, 2.24) is 9.55 Å². The summed E-state index contributed by atoms with van der Waals surface area (Å²) in [7, 11) is 0. The first-order valence-corrected chi connectivity index (χ1v) is 5.58. The van der Waals surface area contributed by atoms with E-state index in [1.165, 1.54) is 16.8 Å². The Balaban J connectivity index is 2.21. The van der Waals surface area contributed by atoms with Gasteiger partial charge < -0.3 is 9.84 Å². The maximum Gasteiger partial charge on any atom is 0.330 e.